The maximum absolute atomic E-state index is 4.78. The summed E-state index contributed by atoms with van der Waals surface area (Å²) >= 11 is 0. The Hall–Kier alpha value is -0.850. The SMILES string of the molecule is CCCc1ccc([C@H]2CC[C@H]([C@H]3CC[C@H](CC)CC3)CC2)nc1. The Morgan fingerprint density at radius 2 is 1.52 bits per heavy atom. The Morgan fingerprint density at radius 3 is 2.04 bits per heavy atom. The van der Waals surface area contributed by atoms with Gasteiger partial charge >= 0.3 is 0 Å². The largest absolute Gasteiger partial charge is 0.261 e. The zero-order valence-electron chi connectivity index (χ0n) is 15.3. The van der Waals surface area contributed by atoms with Crippen LogP contribution in [-0.2, 0) is 6.42 Å². The van der Waals surface area contributed by atoms with Crippen molar-refractivity contribution in [1.82, 2.24) is 4.98 Å². The first-order valence-corrected chi connectivity index (χ1v) is 10.2. The summed E-state index contributed by atoms with van der Waals surface area (Å²) in [5, 5.41) is 0. The van der Waals surface area contributed by atoms with Crippen LogP contribution in [0.15, 0.2) is 18.3 Å². The molecule has 2 fully saturated rings. The summed E-state index contributed by atoms with van der Waals surface area (Å²) in [6.45, 7) is 4.61. The van der Waals surface area contributed by atoms with Gasteiger partial charge < -0.3 is 0 Å². The van der Waals surface area contributed by atoms with Crippen molar-refractivity contribution in [3.05, 3.63) is 29.6 Å². The van der Waals surface area contributed by atoms with Crippen molar-refractivity contribution in [1.29, 1.82) is 0 Å². The molecule has 2 saturated carbocycles. The van der Waals surface area contributed by atoms with Crippen LogP contribution in [0.2, 0.25) is 0 Å². The fourth-order valence-electron chi connectivity index (χ4n) is 5.07. The summed E-state index contributed by atoms with van der Waals surface area (Å²) in [5.41, 5.74) is 2.76. The standard InChI is InChI=1S/C22H35N/c1-3-5-18-8-15-22(23-16-18)21-13-11-20(12-14-21)19-9-6-17(4-2)7-10-19/h8,15-17,19-21H,3-7,9-14H2,1-2H3/t17-,19-,20-,21-. The van der Waals surface area contributed by atoms with Gasteiger partial charge in [0.25, 0.3) is 0 Å². The third-order valence-electron chi connectivity index (χ3n) is 6.71. The number of rotatable bonds is 5. The van der Waals surface area contributed by atoms with E-state index in [1.54, 1.807) is 0 Å². The van der Waals surface area contributed by atoms with E-state index >= 15 is 0 Å². The fraction of sp³-hybridized carbons (Fsp3) is 0.773. The van der Waals surface area contributed by atoms with Crippen molar-refractivity contribution in [3.63, 3.8) is 0 Å². The molecule has 0 unspecified atom stereocenters. The van der Waals surface area contributed by atoms with Crippen LogP contribution in [-0.4, -0.2) is 4.98 Å². The third kappa shape index (κ3) is 4.37. The van der Waals surface area contributed by atoms with Gasteiger partial charge in [-0.05, 0) is 74.3 Å². The van der Waals surface area contributed by atoms with Crippen molar-refractivity contribution in [2.75, 3.05) is 0 Å². The Bertz CT molecular complexity index is 447. The van der Waals surface area contributed by atoms with Gasteiger partial charge in [-0.3, -0.25) is 4.98 Å². The fourth-order valence-corrected chi connectivity index (χ4v) is 5.07. The van der Waals surface area contributed by atoms with Crippen LogP contribution in [0, 0.1) is 17.8 Å². The number of hydrogen-bond acceptors (Lipinski definition) is 1. The lowest BCUT2D eigenvalue weighted by atomic mass is 9.68. The van der Waals surface area contributed by atoms with Gasteiger partial charge in [0.05, 0.1) is 0 Å². The van der Waals surface area contributed by atoms with E-state index in [4.69, 9.17) is 4.98 Å². The van der Waals surface area contributed by atoms with Crippen molar-refractivity contribution < 1.29 is 0 Å². The molecule has 0 radical (unpaired) electrons. The van der Waals surface area contributed by atoms with Gasteiger partial charge in [-0.2, -0.15) is 0 Å². The maximum atomic E-state index is 4.78. The van der Waals surface area contributed by atoms with Crippen LogP contribution in [0.5, 0.6) is 0 Å². The lowest BCUT2D eigenvalue weighted by Crippen LogP contribution is -2.25. The molecule has 0 aromatic carbocycles. The van der Waals surface area contributed by atoms with Gasteiger partial charge in [0, 0.05) is 17.8 Å². The molecule has 1 nitrogen and oxygen atoms in total. The number of hydrogen-bond donors (Lipinski definition) is 0. The van der Waals surface area contributed by atoms with Crippen LogP contribution in [0.25, 0.3) is 0 Å². The molecular formula is C22H35N. The third-order valence-corrected chi connectivity index (χ3v) is 6.71. The van der Waals surface area contributed by atoms with E-state index < -0.39 is 0 Å². The summed E-state index contributed by atoms with van der Waals surface area (Å²) < 4.78 is 0. The Morgan fingerprint density at radius 1 is 0.870 bits per heavy atom. The molecule has 1 aromatic heterocycles. The number of nitrogens with zero attached hydrogens (tertiary/aromatic N) is 1. The molecule has 23 heavy (non-hydrogen) atoms. The topological polar surface area (TPSA) is 12.9 Å². The summed E-state index contributed by atoms with van der Waals surface area (Å²) in [6.07, 6.45) is 17.6. The highest BCUT2D eigenvalue weighted by Crippen LogP contribution is 2.43. The van der Waals surface area contributed by atoms with E-state index in [2.05, 4.69) is 32.2 Å². The first-order valence-electron chi connectivity index (χ1n) is 10.2. The monoisotopic (exact) mass is 313 g/mol. The normalized spacial score (nSPS) is 31.9. The van der Waals surface area contributed by atoms with Gasteiger partial charge in [0.15, 0.2) is 0 Å². The van der Waals surface area contributed by atoms with Crippen LogP contribution < -0.4 is 0 Å². The van der Waals surface area contributed by atoms with Gasteiger partial charge in [-0.15, -0.1) is 0 Å². The van der Waals surface area contributed by atoms with E-state index in [1.807, 2.05) is 0 Å². The van der Waals surface area contributed by atoms with Gasteiger partial charge in [-0.25, -0.2) is 0 Å². The average Bonchev–Trinajstić information content (AvgIpc) is 2.63. The average molecular weight is 314 g/mol. The number of pyridine rings is 1. The van der Waals surface area contributed by atoms with Crippen LogP contribution in [0.4, 0.5) is 0 Å². The predicted octanol–water partition coefficient (Wildman–Crippen LogP) is 6.52. The molecule has 0 atom stereocenters. The summed E-state index contributed by atoms with van der Waals surface area (Å²) in [5.74, 6) is 3.82. The predicted molar refractivity (Wildman–Crippen MR) is 98.7 cm³/mol. The number of aryl methyl sites for hydroxylation is 1. The molecule has 0 saturated heterocycles. The van der Waals surface area contributed by atoms with Crippen molar-refractivity contribution in [2.24, 2.45) is 17.8 Å². The van der Waals surface area contributed by atoms with E-state index in [0.29, 0.717) is 0 Å². The van der Waals surface area contributed by atoms with Crippen molar-refractivity contribution >= 4 is 0 Å². The summed E-state index contributed by atoms with van der Waals surface area (Å²) in [6, 6.07) is 4.62. The molecule has 0 spiro atoms. The molecule has 1 aromatic rings. The zero-order chi connectivity index (χ0) is 16.1. The Labute approximate surface area is 143 Å². The minimum atomic E-state index is 0.730. The smallest absolute Gasteiger partial charge is 0.0434 e. The highest BCUT2D eigenvalue weighted by atomic mass is 14.7. The molecule has 0 amide bonds. The molecule has 3 rings (SSSR count). The molecule has 0 aliphatic heterocycles. The van der Waals surface area contributed by atoms with Gasteiger partial charge in [0.2, 0.25) is 0 Å². The highest BCUT2D eigenvalue weighted by molar-refractivity contribution is 5.17. The van der Waals surface area contributed by atoms with Gasteiger partial charge in [-0.1, -0.05) is 45.6 Å². The quantitative estimate of drug-likeness (QED) is 0.602. The summed E-state index contributed by atoms with van der Waals surface area (Å²) in [4.78, 5) is 4.78. The zero-order valence-corrected chi connectivity index (χ0v) is 15.3. The molecule has 1 heterocycles. The lowest BCUT2D eigenvalue weighted by Gasteiger charge is -2.37. The molecular weight excluding hydrogens is 278 g/mol. The minimum Gasteiger partial charge on any atom is -0.261 e. The van der Waals surface area contributed by atoms with Crippen LogP contribution in [0.3, 0.4) is 0 Å². The minimum absolute atomic E-state index is 0.730. The second-order valence-corrected chi connectivity index (χ2v) is 8.14. The van der Waals surface area contributed by atoms with E-state index in [9.17, 15) is 0 Å². The second kappa shape index (κ2) is 8.31. The van der Waals surface area contributed by atoms with Crippen molar-refractivity contribution in [3.8, 4) is 0 Å². The van der Waals surface area contributed by atoms with E-state index in [-0.39, 0.29) is 0 Å². The maximum Gasteiger partial charge on any atom is 0.0434 e. The van der Waals surface area contributed by atoms with Gasteiger partial charge in [0.1, 0.15) is 0 Å². The first-order chi connectivity index (χ1) is 11.3. The first kappa shape index (κ1) is 17.0. The van der Waals surface area contributed by atoms with Crippen molar-refractivity contribution in [2.45, 2.75) is 90.4 Å². The molecule has 0 bridgehead atoms. The molecule has 128 valence electrons. The molecule has 0 N–H and O–H groups in total. The van der Waals surface area contributed by atoms with E-state index in [1.165, 1.54) is 81.9 Å². The number of aromatic nitrogens is 1. The van der Waals surface area contributed by atoms with E-state index in [0.717, 1.165) is 23.7 Å². The summed E-state index contributed by atoms with van der Waals surface area (Å²) in [7, 11) is 0. The lowest BCUT2D eigenvalue weighted by molar-refractivity contribution is 0.158. The van der Waals surface area contributed by atoms with Crippen LogP contribution in [0.1, 0.15) is 95.2 Å². The highest BCUT2D eigenvalue weighted by Gasteiger charge is 2.31. The molecule has 2 aliphatic carbocycles. The molecule has 2 aliphatic rings. The second-order valence-electron chi connectivity index (χ2n) is 8.14. The Kier molecular flexibility index (Phi) is 6.14. The Balaban J connectivity index is 1.48. The molecule has 1 heteroatoms. The van der Waals surface area contributed by atoms with Crippen LogP contribution >= 0.6 is 0 Å².